The molecule has 0 radical (unpaired) electrons. The fourth-order valence-corrected chi connectivity index (χ4v) is 1.66. The van der Waals surface area contributed by atoms with Crippen LogP contribution in [0.3, 0.4) is 0 Å². The van der Waals surface area contributed by atoms with Crippen LogP contribution in [0.25, 0.3) is 16.2 Å². The molecule has 5 heteroatoms. The lowest BCUT2D eigenvalue weighted by Crippen LogP contribution is -1.99. The molecule has 0 aromatic carbocycles. The predicted octanol–water partition coefficient (Wildman–Crippen LogP) is 2.21. The van der Waals surface area contributed by atoms with Gasteiger partial charge in [-0.3, -0.25) is 14.4 Å². The second-order valence-electron chi connectivity index (χ2n) is 3.59. The smallest absolute Gasteiger partial charge is 0.339 e. The number of carbonyl (C=O) groups excluding carboxylic acids is 1. The molecule has 5 nitrogen and oxygen atoms in total. The van der Waals surface area contributed by atoms with Gasteiger partial charge >= 0.3 is 5.97 Å². The number of esters is 1. The van der Waals surface area contributed by atoms with Crippen molar-refractivity contribution >= 4 is 5.97 Å². The lowest BCUT2D eigenvalue weighted by atomic mass is 10.2. The molecule has 0 aliphatic carbocycles. The zero-order valence-electron chi connectivity index (χ0n) is 9.83. The van der Waals surface area contributed by atoms with Crippen molar-refractivity contribution in [2.75, 3.05) is 7.11 Å². The molecule has 0 saturated carbocycles. The Kier molecular flexibility index (Phi) is 3.39. The molecule has 90 valence electrons. The van der Waals surface area contributed by atoms with Crippen LogP contribution in [0, 0.1) is 6.57 Å². The van der Waals surface area contributed by atoms with E-state index in [1.807, 2.05) is 18.2 Å². The number of ether oxygens (including phenoxy) is 1. The molecule has 18 heavy (non-hydrogen) atoms. The molecule has 0 fully saturated rings. The van der Waals surface area contributed by atoms with Gasteiger partial charge in [0.1, 0.15) is 0 Å². The molecule has 0 amide bonds. The van der Waals surface area contributed by atoms with Crippen molar-refractivity contribution in [2.45, 2.75) is 6.67 Å². The number of pyridine rings is 1. The summed E-state index contributed by atoms with van der Waals surface area (Å²) in [6.45, 7) is 7.07. The van der Waals surface area contributed by atoms with Gasteiger partial charge in [-0.05, 0) is 18.2 Å². The molecule has 0 spiro atoms. The van der Waals surface area contributed by atoms with E-state index < -0.39 is 5.97 Å². The van der Waals surface area contributed by atoms with Gasteiger partial charge in [0.05, 0.1) is 24.1 Å². The van der Waals surface area contributed by atoms with Gasteiger partial charge in [0, 0.05) is 12.4 Å². The van der Waals surface area contributed by atoms with Gasteiger partial charge in [-0.1, -0.05) is 6.07 Å². The quantitative estimate of drug-likeness (QED) is 0.611. The molecule has 0 aliphatic rings. The highest BCUT2D eigenvalue weighted by Crippen LogP contribution is 2.21. The van der Waals surface area contributed by atoms with Crippen LogP contribution in [0.4, 0.5) is 0 Å². The Labute approximate surface area is 104 Å². The molecule has 0 bridgehead atoms. The monoisotopic (exact) mass is 241 g/mol. The summed E-state index contributed by atoms with van der Waals surface area (Å²) in [4.78, 5) is 19.0. The highest BCUT2D eigenvalue weighted by Gasteiger charge is 2.15. The van der Waals surface area contributed by atoms with Crippen molar-refractivity contribution < 1.29 is 9.53 Å². The molecule has 0 saturated heterocycles. The van der Waals surface area contributed by atoms with Crippen LogP contribution in [0.5, 0.6) is 0 Å². The van der Waals surface area contributed by atoms with Gasteiger partial charge in [-0.25, -0.2) is 11.4 Å². The van der Waals surface area contributed by atoms with Gasteiger partial charge in [-0.2, -0.15) is 0 Å². The zero-order valence-corrected chi connectivity index (χ0v) is 9.83. The van der Waals surface area contributed by atoms with Crippen LogP contribution in [-0.4, -0.2) is 22.6 Å². The van der Waals surface area contributed by atoms with Crippen LogP contribution < -0.4 is 0 Å². The summed E-state index contributed by atoms with van der Waals surface area (Å²) >= 11 is 0. The molecule has 0 aliphatic heterocycles. The number of nitrogens with zero attached hydrogens (tertiary/aromatic N) is 3. The normalized spacial score (nSPS) is 9.78. The van der Waals surface area contributed by atoms with Crippen LogP contribution in [0.1, 0.15) is 10.4 Å². The van der Waals surface area contributed by atoms with Crippen LogP contribution in [0.15, 0.2) is 36.7 Å². The van der Waals surface area contributed by atoms with Crippen LogP contribution in [-0.2, 0) is 11.4 Å². The minimum Gasteiger partial charge on any atom is -0.465 e. The maximum atomic E-state index is 11.5. The summed E-state index contributed by atoms with van der Waals surface area (Å²) in [5.41, 5.74) is 1.87. The third-order valence-corrected chi connectivity index (χ3v) is 2.47. The Morgan fingerprint density at radius 1 is 1.56 bits per heavy atom. The number of hydrogen-bond donors (Lipinski definition) is 0. The molecule has 0 unspecified atom stereocenters. The Hall–Kier alpha value is -2.61. The molecular formula is C13H11N3O2. The number of aromatic nitrogens is 2. The van der Waals surface area contributed by atoms with E-state index in [0.717, 1.165) is 11.4 Å². The highest BCUT2D eigenvalue weighted by atomic mass is 16.5. The van der Waals surface area contributed by atoms with E-state index >= 15 is 0 Å². The fraction of sp³-hybridized carbons (Fsp3) is 0.154. The lowest BCUT2D eigenvalue weighted by molar-refractivity contribution is 0.0600. The standard InChI is InChI=1S/C13H11N3O2/c1-14-9-16-8-10(13(17)18-2)7-12(16)11-5-3-4-6-15-11/h3-8H,9H2,2H3. The minimum atomic E-state index is -0.420. The summed E-state index contributed by atoms with van der Waals surface area (Å²) in [5.74, 6) is -0.420. The third-order valence-electron chi connectivity index (χ3n) is 2.47. The number of rotatable bonds is 3. The first-order chi connectivity index (χ1) is 8.76. The number of carbonyl (C=O) groups is 1. The summed E-state index contributed by atoms with van der Waals surface area (Å²) in [5, 5.41) is 0. The van der Waals surface area contributed by atoms with Gasteiger partial charge in [-0.15, -0.1) is 0 Å². The summed E-state index contributed by atoms with van der Waals surface area (Å²) in [7, 11) is 1.33. The van der Waals surface area contributed by atoms with Gasteiger partial charge in [0.2, 0.25) is 0 Å². The predicted molar refractivity (Wildman–Crippen MR) is 65.6 cm³/mol. The lowest BCUT2D eigenvalue weighted by Gasteiger charge is -2.01. The molecule has 2 aromatic heterocycles. The van der Waals surface area contributed by atoms with E-state index in [9.17, 15) is 4.79 Å². The van der Waals surface area contributed by atoms with Gasteiger partial charge < -0.3 is 4.74 Å². The number of methoxy groups -OCH3 is 1. The first-order valence-corrected chi connectivity index (χ1v) is 5.29. The molecule has 2 heterocycles. The molecule has 2 rings (SSSR count). The van der Waals surface area contributed by atoms with Crippen molar-refractivity contribution in [3.8, 4) is 11.4 Å². The number of hydrogen-bond acceptors (Lipinski definition) is 3. The van der Waals surface area contributed by atoms with Gasteiger partial charge in [0.25, 0.3) is 6.67 Å². The second kappa shape index (κ2) is 5.15. The van der Waals surface area contributed by atoms with Gasteiger partial charge in [0.15, 0.2) is 0 Å². The van der Waals surface area contributed by atoms with E-state index in [4.69, 9.17) is 6.57 Å². The summed E-state index contributed by atoms with van der Waals surface area (Å²) in [6, 6.07) is 7.18. The fourth-order valence-electron chi connectivity index (χ4n) is 1.66. The Morgan fingerprint density at radius 2 is 2.39 bits per heavy atom. The summed E-state index contributed by atoms with van der Waals surface area (Å²) in [6.07, 6.45) is 3.27. The Balaban J connectivity index is 2.49. The van der Waals surface area contributed by atoms with E-state index in [0.29, 0.717) is 5.56 Å². The highest BCUT2D eigenvalue weighted by molar-refractivity contribution is 5.90. The van der Waals surface area contributed by atoms with E-state index in [2.05, 4.69) is 14.6 Å². The Morgan fingerprint density at radius 3 is 3.00 bits per heavy atom. The van der Waals surface area contributed by atoms with E-state index in [1.54, 1.807) is 23.0 Å². The van der Waals surface area contributed by atoms with Crippen molar-refractivity contribution in [2.24, 2.45) is 0 Å². The Bertz CT molecular complexity index is 596. The minimum absolute atomic E-state index is 0.142. The van der Waals surface area contributed by atoms with Crippen LogP contribution >= 0.6 is 0 Å². The summed E-state index contributed by atoms with van der Waals surface area (Å²) < 4.78 is 6.35. The largest absolute Gasteiger partial charge is 0.465 e. The van der Waals surface area contributed by atoms with E-state index in [1.165, 1.54) is 7.11 Å². The topological polar surface area (TPSA) is 48.5 Å². The van der Waals surface area contributed by atoms with Crippen molar-refractivity contribution in [3.05, 3.63) is 53.6 Å². The molecule has 0 N–H and O–H groups in total. The SMILES string of the molecule is [C-]#[N+]Cn1cc(C(=O)OC)cc1-c1ccccn1. The van der Waals surface area contributed by atoms with Crippen molar-refractivity contribution in [3.63, 3.8) is 0 Å². The van der Waals surface area contributed by atoms with Crippen LogP contribution in [0.2, 0.25) is 0 Å². The van der Waals surface area contributed by atoms with E-state index in [-0.39, 0.29) is 6.67 Å². The first-order valence-electron chi connectivity index (χ1n) is 5.29. The first kappa shape index (κ1) is 11.9. The third kappa shape index (κ3) is 2.23. The average molecular weight is 241 g/mol. The molecule has 2 aromatic rings. The molecule has 0 atom stereocenters. The molecular weight excluding hydrogens is 230 g/mol. The second-order valence-corrected chi connectivity index (χ2v) is 3.59. The van der Waals surface area contributed by atoms with Crippen molar-refractivity contribution in [1.82, 2.24) is 9.55 Å². The zero-order chi connectivity index (χ0) is 13.0. The maximum absolute atomic E-state index is 11.5. The average Bonchev–Trinajstić information content (AvgIpc) is 2.83. The maximum Gasteiger partial charge on any atom is 0.339 e. The van der Waals surface area contributed by atoms with Crippen molar-refractivity contribution in [1.29, 1.82) is 0 Å².